The molecule has 2 heterocycles. The first kappa shape index (κ1) is 17.2. The van der Waals surface area contributed by atoms with E-state index < -0.39 is 0 Å². The molecule has 1 aromatic carbocycles. The molecule has 24 heavy (non-hydrogen) atoms. The molecule has 6 heteroatoms. The molecule has 0 amide bonds. The van der Waals surface area contributed by atoms with Crippen LogP contribution in [0.3, 0.4) is 0 Å². The fraction of sp³-hybridized carbons (Fsp3) is 0.667. The van der Waals surface area contributed by atoms with Crippen LogP contribution in [-0.4, -0.2) is 56.8 Å². The van der Waals surface area contributed by atoms with Crippen LogP contribution in [0.4, 0.5) is 11.4 Å². The number of nitro groups is 1. The molecule has 0 spiro atoms. The highest BCUT2D eigenvalue weighted by molar-refractivity contribution is 5.50. The highest BCUT2D eigenvalue weighted by atomic mass is 16.6. The number of piperazine rings is 1. The fourth-order valence-electron chi connectivity index (χ4n) is 4.28. The second-order valence-electron chi connectivity index (χ2n) is 7.19. The summed E-state index contributed by atoms with van der Waals surface area (Å²) in [7, 11) is 0. The molecule has 132 valence electrons. The van der Waals surface area contributed by atoms with Crippen LogP contribution in [0.25, 0.3) is 0 Å². The van der Waals surface area contributed by atoms with Crippen molar-refractivity contribution in [2.75, 3.05) is 50.7 Å². The predicted octanol–water partition coefficient (Wildman–Crippen LogP) is -0.243. The number of nitrogens with one attached hydrogen (secondary N) is 2. The van der Waals surface area contributed by atoms with Crippen LogP contribution in [0.1, 0.15) is 26.2 Å². The zero-order valence-corrected chi connectivity index (χ0v) is 14.7. The molecule has 2 N–H and O–H groups in total. The smallest absolute Gasteiger partial charge is 0.269 e. The molecule has 2 aliphatic rings. The zero-order valence-electron chi connectivity index (χ0n) is 14.7. The van der Waals surface area contributed by atoms with E-state index in [1.54, 1.807) is 21.9 Å². The average molecular weight is 334 g/mol. The van der Waals surface area contributed by atoms with Gasteiger partial charge >= 0.3 is 0 Å². The minimum Gasteiger partial charge on any atom is -0.360 e. The van der Waals surface area contributed by atoms with E-state index in [9.17, 15) is 10.1 Å². The van der Waals surface area contributed by atoms with Gasteiger partial charge in [-0.1, -0.05) is 6.92 Å². The van der Waals surface area contributed by atoms with E-state index in [1.807, 2.05) is 12.1 Å². The van der Waals surface area contributed by atoms with E-state index in [4.69, 9.17) is 0 Å². The Hall–Kier alpha value is -1.66. The number of non-ortho nitro benzene ring substituents is 1. The van der Waals surface area contributed by atoms with Crippen molar-refractivity contribution in [3.8, 4) is 0 Å². The van der Waals surface area contributed by atoms with Gasteiger partial charge in [-0.3, -0.25) is 10.1 Å². The molecule has 0 unspecified atom stereocenters. The van der Waals surface area contributed by atoms with Gasteiger partial charge < -0.3 is 14.7 Å². The number of nitrogens with zero attached hydrogens (tertiary/aromatic N) is 2. The van der Waals surface area contributed by atoms with Gasteiger partial charge in [-0.2, -0.15) is 0 Å². The van der Waals surface area contributed by atoms with Crippen molar-refractivity contribution in [3.63, 3.8) is 0 Å². The van der Waals surface area contributed by atoms with Crippen LogP contribution < -0.4 is 14.7 Å². The lowest BCUT2D eigenvalue weighted by molar-refractivity contribution is -0.958. The maximum Gasteiger partial charge on any atom is 0.269 e. The van der Waals surface area contributed by atoms with Gasteiger partial charge in [0.15, 0.2) is 0 Å². The lowest BCUT2D eigenvalue weighted by atomic mass is 10.0. The van der Waals surface area contributed by atoms with Crippen molar-refractivity contribution in [1.82, 2.24) is 0 Å². The quantitative estimate of drug-likeness (QED) is 0.577. The summed E-state index contributed by atoms with van der Waals surface area (Å²) in [5.41, 5.74) is 1.28. The van der Waals surface area contributed by atoms with E-state index in [0.29, 0.717) is 0 Å². The van der Waals surface area contributed by atoms with Gasteiger partial charge in [0.2, 0.25) is 0 Å². The van der Waals surface area contributed by atoms with Gasteiger partial charge in [0.05, 0.1) is 56.8 Å². The molecule has 0 saturated carbocycles. The summed E-state index contributed by atoms with van der Waals surface area (Å²) in [5.74, 6) is 0. The number of benzene rings is 1. The topological polar surface area (TPSA) is 55.3 Å². The number of hydrogen-bond donors (Lipinski definition) is 2. The zero-order chi connectivity index (χ0) is 16.9. The van der Waals surface area contributed by atoms with Gasteiger partial charge in [-0.15, -0.1) is 0 Å². The maximum absolute atomic E-state index is 10.8. The van der Waals surface area contributed by atoms with Gasteiger partial charge in [-0.25, -0.2) is 0 Å². The van der Waals surface area contributed by atoms with Gasteiger partial charge in [0.25, 0.3) is 5.69 Å². The number of quaternary nitrogens is 2. The Morgan fingerprint density at radius 2 is 1.75 bits per heavy atom. The molecule has 0 aromatic heterocycles. The highest BCUT2D eigenvalue weighted by Crippen LogP contribution is 2.19. The third kappa shape index (κ3) is 4.05. The van der Waals surface area contributed by atoms with Crippen molar-refractivity contribution in [3.05, 3.63) is 34.4 Å². The van der Waals surface area contributed by atoms with E-state index in [2.05, 4.69) is 11.8 Å². The second-order valence-corrected chi connectivity index (χ2v) is 7.19. The van der Waals surface area contributed by atoms with Crippen LogP contribution in [0, 0.1) is 10.1 Å². The van der Waals surface area contributed by atoms with Crippen LogP contribution in [0.2, 0.25) is 0 Å². The van der Waals surface area contributed by atoms with Gasteiger partial charge in [0.1, 0.15) is 0 Å². The highest BCUT2D eigenvalue weighted by Gasteiger charge is 2.32. The summed E-state index contributed by atoms with van der Waals surface area (Å²) < 4.78 is 0. The third-order valence-corrected chi connectivity index (χ3v) is 5.70. The van der Waals surface area contributed by atoms with E-state index >= 15 is 0 Å². The number of piperidine rings is 1. The molecule has 2 aliphatic heterocycles. The van der Waals surface area contributed by atoms with Crippen LogP contribution >= 0.6 is 0 Å². The minimum absolute atomic E-state index is 0.171. The van der Waals surface area contributed by atoms with Crippen molar-refractivity contribution in [2.45, 2.75) is 32.2 Å². The van der Waals surface area contributed by atoms with Gasteiger partial charge in [-0.05, 0) is 18.6 Å². The SMILES string of the molecule is CCC[NH+]1CCC([NH+]2CCN(c3ccc([N+](=O)[O-])cc3)CC2)CC1. The second kappa shape index (κ2) is 7.94. The summed E-state index contributed by atoms with van der Waals surface area (Å²) in [5, 5.41) is 10.8. The molecule has 0 radical (unpaired) electrons. The van der Waals surface area contributed by atoms with Crippen molar-refractivity contribution in [1.29, 1.82) is 0 Å². The Balaban J connectivity index is 1.48. The lowest BCUT2D eigenvalue weighted by Gasteiger charge is -2.39. The molecule has 0 aliphatic carbocycles. The molecule has 0 atom stereocenters. The first-order chi connectivity index (χ1) is 11.7. The molecule has 1 aromatic rings. The molecule has 6 nitrogen and oxygen atoms in total. The van der Waals surface area contributed by atoms with Crippen molar-refractivity contribution >= 4 is 11.4 Å². The minimum atomic E-state index is -0.335. The Kier molecular flexibility index (Phi) is 5.68. The molecular weight excluding hydrogens is 304 g/mol. The van der Waals surface area contributed by atoms with Crippen molar-refractivity contribution < 1.29 is 14.7 Å². The summed E-state index contributed by atoms with van der Waals surface area (Å²) in [6, 6.07) is 7.83. The first-order valence-corrected chi connectivity index (χ1v) is 9.35. The summed E-state index contributed by atoms with van der Waals surface area (Å²) in [6.45, 7) is 10.8. The Labute approximate surface area is 144 Å². The number of nitro benzene ring substituents is 1. The molecule has 3 rings (SSSR count). The Morgan fingerprint density at radius 3 is 2.29 bits per heavy atom. The Morgan fingerprint density at radius 1 is 1.12 bits per heavy atom. The molecule has 2 saturated heterocycles. The number of likely N-dealkylation sites (tertiary alicyclic amines) is 1. The fourth-order valence-corrected chi connectivity index (χ4v) is 4.28. The average Bonchev–Trinajstić information content (AvgIpc) is 2.63. The third-order valence-electron chi connectivity index (χ3n) is 5.70. The van der Waals surface area contributed by atoms with Crippen LogP contribution in [-0.2, 0) is 0 Å². The van der Waals surface area contributed by atoms with Gasteiger partial charge in [0, 0.05) is 30.7 Å². The van der Waals surface area contributed by atoms with E-state index in [0.717, 1.165) is 24.8 Å². The monoisotopic (exact) mass is 334 g/mol. The normalized spacial score (nSPS) is 25.6. The molecule has 0 bridgehead atoms. The molecule has 2 fully saturated rings. The Bertz CT molecular complexity index is 532. The summed E-state index contributed by atoms with van der Waals surface area (Å²) in [6.07, 6.45) is 4.02. The summed E-state index contributed by atoms with van der Waals surface area (Å²) in [4.78, 5) is 16.3. The predicted molar refractivity (Wildman–Crippen MR) is 94.9 cm³/mol. The lowest BCUT2D eigenvalue weighted by Crippen LogP contribution is -3.22. The van der Waals surface area contributed by atoms with Crippen molar-refractivity contribution in [2.24, 2.45) is 0 Å². The standard InChI is InChI=1S/C18H28N4O2/c1-2-9-19-10-7-17(8-11-19)21-14-12-20(13-15-21)16-3-5-18(6-4-16)22(23)24/h3-6,17H,2,7-15H2,1H3/p+2. The summed E-state index contributed by atoms with van der Waals surface area (Å²) >= 11 is 0. The van der Waals surface area contributed by atoms with E-state index in [1.165, 1.54) is 52.0 Å². The van der Waals surface area contributed by atoms with Crippen LogP contribution in [0.15, 0.2) is 24.3 Å². The van der Waals surface area contributed by atoms with Crippen LogP contribution in [0.5, 0.6) is 0 Å². The number of anilines is 1. The first-order valence-electron chi connectivity index (χ1n) is 9.35. The maximum atomic E-state index is 10.8. The van der Waals surface area contributed by atoms with E-state index in [-0.39, 0.29) is 10.6 Å². The largest absolute Gasteiger partial charge is 0.360 e. The number of hydrogen-bond acceptors (Lipinski definition) is 3. The number of rotatable bonds is 5. The molecular formula is C18H30N4O2+2.